The zero-order chi connectivity index (χ0) is 23.4. The molecule has 174 valence electrons. The van der Waals surface area contributed by atoms with Gasteiger partial charge in [0.1, 0.15) is 0 Å². The summed E-state index contributed by atoms with van der Waals surface area (Å²) in [5, 5.41) is 15.0. The number of anilines is 1. The second kappa shape index (κ2) is 9.74. The molecule has 33 heavy (non-hydrogen) atoms. The molecule has 11 heteroatoms. The van der Waals surface area contributed by atoms with Crippen LogP contribution < -0.4 is 19.1 Å². The van der Waals surface area contributed by atoms with Crippen molar-refractivity contribution in [2.75, 3.05) is 52.4 Å². The molecular weight excluding hydrogens is 430 g/mol. The maximum Gasteiger partial charge on any atom is 0.269 e. The van der Waals surface area contributed by atoms with Gasteiger partial charge in [-0.1, -0.05) is 5.16 Å². The molecule has 2 aromatic carbocycles. The third-order valence-corrected chi connectivity index (χ3v) is 5.55. The van der Waals surface area contributed by atoms with Gasteiger partial charge >= 0.3 is 0 Å². The van der Waals surface area contributed by atoms with Crippen molar-refractivity contribution in [1.29, 1.82) is 0 Å². The summed E-state index contributed by atoms with van der Waals surface area (Å²) in [6.45, 7) is 3.74. The highest BCUT2D eigenvalue weighted by Crippen LogP contribution is 2.40. The van der Waals surface area contributed by atoms with Gasteiger partial charge in [-0.2, -0.15) is 4.98 Å². The summed E-state index contributed by atoms with van der Waals surface area (Å²) in [7, 11) is 4.66. The van der Waals surface area contributed by atoms with Crippen molar-refractivity contribution in [1.82, 2.24) is 15.0 Å². The van der Waals surface area contributed by atoms with E-state index in [-0.39, 0.29) is 5.69 Å². The van der Waals surface area contributed by atoms with Crippen LogP contribution in [0.4, 0.5) is 11.4 Å². The highest BCUT2D eigenvalue weighted by atomic mass is 16.6. The van der Waals surface area contributed by atoms with Crippen molar-refractivity contribution in [3.05, 3.63) is 52.4 Å². The molecule has 0 atom stereocenters. The van der Waals surface area contributed by atoms with Gasteiger partial charge in [0.25, 0.3) is 5.69 Å². The Morgan fingerprint density at radius 3 is 2.18 bits per heavy atom. The van der Waals surface area contributed by atoms with E-state index in [2.05, 4.69) is 19.9 Å². The summed E-state index contributed by atoms with van der Waals surface area (Å²) in [5.74, 6) is 2.48. The number of nitrogens with zero attached hydrogens (tertiary/aromatic N) is 5. The second-order valence-electron chi connectivity index (χ2n) is 7.46. The molecular formula is C22H25N5O6. The number of aromatic nitrogens is 2. The van der Waals surface area contributed by atoms with E-state index in [0.29, 0.717) is 41.1 Å². The standard InChI is InChI=1S/C22H25N5O6/c1-30-18-12-15(13-19(31-2)21(18)32-3)22-23-20(33-24-22)14-25-8-10-26(11-9-25)16-4-6-17(7-5-16)27(28)29/h4-7,12-13H,8-11,14H2,1-3H3. The molecule has 0 amide bonds. The van der Waals surface area contributed by atoms with Crippen LogP contribution in [0.2, 0.25) is 0 Å². The topological polar surface area (TPSA) is 116 Å². The summed E-state index contributed by atoms with van der Waals surface area (Å²) in [5.41, 5.74) is 1.77. The van der Waals surface area contributed by atoms with Crippen molar-refractivity contribution in [3.63, 3.8) is 0 Å². The Bertz CT molecular complexity index is 1080. The van der Waals surface area contributed by atoms with Crippen LogP contribution in [0, 0.1) is 10.1 Å². The number of nitro benzene ring substituents is 1. The molecule has 1 aliphatic rings. The Morgan fingerprint density at radius 2 is 1.64 bits per heavy atom. The first kappa shape index (κ1) is 22.3. The van der Waals surface area contributed by atoms with Crippen molar-refractivity contribution in [2.24, 2.45) is 0 Å². The summed E-state index contributed by atoms with van der Waals surface area (Å²) < 4.78 is 21.6. The summed E-state index contributed by atoms with van der Waals surface area (Å²) in [4.78, 5) is 19.4. The molecule has 1 aliphatic heterocycles. The molecule has 1 saturated heterocycles. The highest BCUT2D eigenvalue weighted by molar-refractivity contribution is 5.66. The van der Waals surface area contributed by atoms with Crippen LogP contribution in [-0.2, 0) is 6.54 Å². The molecule has 4 rings (SSSR count). The predicted octanol–water partition coefficient (Wildman–Crippen LogP) is 2.99. The van der Waals surface area contributed by atoms with Crippen LogP contribution in [0.5, 0.6) is 17.2 Å². The molecule has 0 saturated carbocycles. The second-order valence-corrected chi connectivity index (χ2v) is 7.46. The van der Waals surface area contributed by atoms with Gasteiger partial charge in [0.15, 0.2) is 11.5 Å². The molecule has 0 aliphatic carbocycles. The molecule has 0 N–H and O–H groups in total. The smallest absolute Gasteiger partial charge is 0.269 e. The van der Waals surface area contributed by atoms with Crippen LogP contribution >= 0.6 is 0 Å². The first-order valence-electron chi connectivity index (χ1n) is 10.4. The van der Waals surface area contributed by atoms with Crippen LogP contribution in [0.3, 0.4) is 0 Å². The minimum Gasteiger partial charge on any atom is -0.493 e. The Hall–Kier alpha value is -3.86. The highest BCUT2D eigenvalue weighted by Gasteiger charge is 2.21. The molecule has 0 bridgehead atoms. The number of piperazine rings is 1. The number of non-ortho nitro benzene ring substituents is 1. The van der Waals surface area contributed by atoms with Crippen molar-refractivity contribution >= 4 is 11.4 Å². The van der Waals surface area contributed by atoms with Gasteiger partial charge in [-0.15, -0.1) is 0 Å². The number of hydrogen-bond acceptors (Lipinski definition) is 10. The lowest BCUT2D eigenvalue weighted by Crippen LogP contribution is -2.46. The molecule has 1 fully saturated rings. The fourth-order valence-electron chi connectivity index (χ4n) is 3.79. The fraction of sp³-hybridized carbons (Fsp3) is 0.364. The molecule has 11 nitrogen and oxygen atoms in total. The largest absolute Gasteiger partial charge is 0.493 e. The lowest BCUT2D eigenvalue weighted by Gasteiger charge is -2.35. The number of hydrogen-bond donors (Lipinski definition) is 0. The zero-order valence-corrected chi connectivity index (χ0v) is 18.7. The average molecular weight is 455 g/mol. The van der Waals surface area contributed by atoms with E-state index >= 15 is 0 Å². The van der Waals surface area contributed by atoms with Gasteiger partial charge in [-0.05, 0) is 24.3 Å². The van der Waals surface area contributed by atoms with E-state index in [1.165, 1.54) is 12.1 Å². The van der Waals surface area contributed by atoms with E-state index in [9.17, 15) is 10.1 Å². The van der Waals surface area contributed by atoms with E-state index in [1.807, 2.05) is 0 Å². The van der Waals surface area contributed by atoms with Crippen molar-refractivity contribution in [3.8, 4) is 28.6 Å². The summed E-state index contributed by atoms with van der Waals surface area (Å²) >= 11 is 0. The Balaban J connectivity index is 1.39. The van der Waals surface area contributed by atoms with E-state index < -0.39 is 4.92 Å². The van der Waals surface area contributed by atoms with E-state index in [0.717, 1.165) is 31.9 Å². The van der Waals surface area contributed by atoms with Gasteiger partial charge in [0.2, 0.25) is 17.5 Å². The van der Waals surface area contributed by atoms with Crippen molar-refractivity contribution in [2.45, 2.75) is 6.54 Å². The minimum absolute atomic E-state index is 0.0942. The van der Waals surface area contributed by atoms with Gasteiger partial charge in [-0.3, -0.25) is 15.0 Å². The van der Waals surface area contributed by atoms with Gasteiger partial charge in [0, 0.05) is 49.6 Å². The van der Waals surface area contributed by atoms with Gasteiger partial charge in [0.05, 0.1) is 32.8 Å². The Labute approximate surface area is 190 Å². The number of ether oxygens (including phenoxy) is 3. The number of rotatable bonds is 8. The van der Waals surface area contributed by atoms with E-state index in [4.69, 9.17) is 18.7 Å². The van der Waals surface area contributed by atoms with Crippen LogP contribution in [0.1, 0.15) is 5.89 Å². The normalized spacial score (nSPS) is 14.2. The maximum atomic E-state index is 10.8. The molecule has 0 radical (unpaired) electrons. The molecule has 1 aromatic heterocycles. The van der Waals surface area contributed by atoms with E-state index in [1.54, 1.807) is 45.6 Å². The summed E-state index contributed by atoms with van der Waals surface area (Å²) in [6.07, 6.45) is 0. The lowest BCUT2D eigenvalue weighted by molar-refractivity contribution is -0.384. The van der Waals surface area contributed by atoms with Crippen LogP contribution in [0.25, 0.3) is 11.4 Å². The SMILES string of the molecule is COc1cc(-c2noc(CN3CCN(c4ccc([N+](=O)[O-])cc4)CC3)n2)cc(OC)c1OC. The zero-order valence-electron chi connectivity index (χ0n) is 18.7. The average Bonchev–Trinajstić information content (AvgIpc) is 3.32. The Kier molecular flexibility index (Phi) is 6.59. The lowest BCUT2D eigenvalue weighted by atomic mass is 10.1. The first-order valence-corrected chi connectivity index (χ1v) is 10.4. The minimum atomic E-state index is -0.390. The quantitative estimate of drug-likeness (QED) is 0.371. The fourth-order valence-corrected chi connectivity index (χ4v) is 3.79. The monoisotopic (exact) mass is 455 g/mol. The van der Waals surface area contributed by atoms with Gasteiger partial charge < -0.3 is 23.6 Å². The molecule has 2 heterocycles. The van der Waals surface area contributed by atoms with Crippen LogP contribution in [-0.4, -0.2) is 67.5 Å². The number of benzene rings is 2. The number of methoxy groups -OCH3 is 3. The third kappa shape index (κ3) is 4.82. The maximum absolute atomic E-state index is 10.8. The molecule has 0 spiro atoms. The predicted molar refractivity (Wildman–Crippen MR) is 120 cm³/mol. The van der Waals surface area contributed by atoms with Gasteiger partial charge in [-0.25, -0.2) is 0 Å². The molecule has 0 unspecified atom stereocenters. The summed E-state index contributed by atoms with van der Waals surface area (Å²) in [6, 6.07) is 10.2. The van der Waals surface area contributed by atoms with Crippen molar-refractivity contribution < 1.29 is 23.7 Å². The number of nitro groups is 1. The first-order chi connectivity index (χ1) is 16.0. The third-order valence-electron chi connectivity index (χ3n) is 5.55. The molecule has 3 aromatic rings. The Morgan fingerprint density at radius 1 is 1.00 bits per heavy atom. The van der Waals surface area contributed by atoms with Crippen LogP contribution in [0.15, 0.2) is 40.9 Å².